The number of anilines is 1. The number of halogens is 2. The standard InChI is InChI=1S/C19H17Cl2N3O3/c1-26-14-4-2-3-12(7-14)10-24-11-15(5-6-18(24)25)27-19-16(20)8-13(23-22)9-17(19)21/h2-9,11,23H,10,22H2,1H3. The number of nitrogens with zero attached hydrogens (tertiary/aromatic N) is 1. The Balaban J connectivity index is 1.88. The van der Waals surface area contributed by atoms with Gasteiger partial charge < -0.3 is 19.5 Å². The summed E-state index contributed by atoms with van der Waals surface area (Å²) in [6.45, 7) is 0.366. The molecule has 0 bridgehead atoms. The Kier molecular flexibility index (Phi) is 5.91. The molecule has 3 N–H and O–H groups in total. The van der Waals surface area contributed by atoms with E-state index in [-0.39, 0.29) is 11.3 Å². The quantitative estimate of drug-likeness (QED) is 0.472. The van der Waals surface area contributed by atoms with Crippen LogP contribution in [0, 0.1) is 0 Å². The van der Waals surface area contributed by atoms with Gasteiger partial charge in [0.25, 0.3) is 5.56 Å². The fourth-order valence-corrected chi connectivity index (χ4v) is 3.08. The van der Waals surface area contributed by atoms with E-state index in [1.807, 2.05) is 24.3 Å². The average Bonchev–Trinajstić information content (AvgIpc) is 2.67. The van der Waals surface area contributed by atoms with Crippen LogP contribution in [0.4, 0.5) is 5.69 Å². The lowest BCUT2D eigenvalue weighted by Gasteiger charge is -2.13. The molecule has 2 aromatic carbocycles. The van der Waals surface area contributed by atoms with Gasteiger partial charge in [0.15, 0.2) is 5.75 Å². The van der Waals surface area contributed by atoms with Crippen LogP contribution in [0.25, 0.3) is 0 Å². The highest BCUT2D eigenvalue weighted by atomic mass is 35.5. The summed E-state index contributed by atoms with van der Waals surface area (Å²) in [6.07, 6.45) is 1.60. The molecule has 8 heteroatoms. The molecule has 0 aliphatic carbocycles. The van der Waals surface area contributed by atoms with Crippen molar-refractivity contribution in [2.75, 3.05) is 12.5 Å². The fourth-order valence-electron chi connectivity index (χ4n) is 2.52. The predicted octanol–water partition coefficient (Wildman–Crippen LogP) is 4.29. The van der Waals surface area contributed by atoms with Gasteiger partial charge in [-0.1, -0.05) is 35.3 Å². The number of nitrogens with two attached hydrogens (primary N) is 1. The zero-order valence-corrected chi connectivity index (χ0v) is 15.9. The van der Waals surface area contributed by atoms with Crippen molar-refractivity contribution in [3.63, 3.8) is 0 Å². The van der Waals surface area contributed by atoms with Crippen molar-refractivity contribution in [3.05, 3.63) is 80.7 Å². The van der Waals surface area contributed by atoms with E-state index in [4.69, 9.17) is 38.5 Å². The summed E-state index contributed by atoms with van der Waals surface area (Å²) >= 11 is 12.4. The number of ether oxygens (including phenoxy) is 2. The van der Waals surface area contributed by atoms with Gasteiger partial charge in [-0.2, -0.15) is 0 Å². The summed E-state index contributed by atoms with van der Waals surface area (Å²) in [5, 5.41) is 0.585. The first-order valence-electron chi connectivity index (χ1n) is 7.97. The lowest BCUT2D eigenvalue weighted by Crippen LogP contribution is -2.19. The SMILES string of the molecule is COc1cccc(Cn2cc(Oc3c(Cl)cc(NN)cc3Cl)ccc2=O)c1. The van der Waals surface area contributed by atoms with Gasteiger partial charge in [0, 0.05) is 6.07 Å². The third-order valence-corrected chi connectivity index (χ3v) is 4.39. The molecule has 0 radical (unpaired) electrons. The van der Waals surface area contributed by atoms with E-state index in [0.717, 1.165) is 11.3 Å². The number of hydrogen-bond acceptors (Lipinski definition) is 5. The summed E-state index contributed by atoms with van der Waals surface area (Å²) in [7, 11) is 1.60. The topological polar surface area (TPSA) is 78.5 Å². The molecule has 0 saturated carbocycles. The van der Waals surface area contributed by atoms with Crippen molar-refractivity contribution in [1.82, 2.24) is 4.57 Å². The molecule has 1 heterocycles. The number of hydrogen-bond donors (Lipinski definition) is 2. The molecule has 0 amide bonds. The first kappa shape index (κ1) is 19.1. The van der Waals surface area contributed by atoms with E-state index >= 15 is 0 Å². The number of pyridine rings is 1. The highest BCUT2D eigenvalue weighted by Gasteiger charge is 2.12. The largest absolute Gasteiger partial charge is 0.497 e. The molecule has 1 aromatic heterocycles. The maximum absolute atomic E-state index is 12.2. The second-order valence-corrected chi connectivity index (χ2v) is 6.51. The van der Waals surface area contributed by atoms with E-state index in [9.17, 15) is 4.79 Å². The van der Waals surface area contributed by atoms with Gasteiger partial charge in [-0.3, -0.25) is 10.6 Å². The molecule has 3 rings (SSSR count). The van der Waals surface area contributed by atoms with Crippen molar-refractivity contribution < 1.29 is 9.47 Å². The summed E-state index contributed by atoms with van der Waals surface area (Å²) in [6, 6.07) is 13.7. The van der Waals surface area contributed by atoms with Gasteiger partial charge in [-0.25, -0.2) is 0 Å². The van der Waals surface area contributed by atoms with Crippen molar-refractivity contribution >= 4 is 28.9 Å². The molecule has 0 aliphatic rings. The van der Waals surface area contributed by atoms with E-state index in [0.29, 0.717) is 28.0 Å². The third-order valence-electron chi connectivity index (χ3n) is 3.83. The average molecular weight is 406 g/mol. The highest BCUT2D eigenvalue weighted by molar-refractivity contribution is 6.37. The summed E-state index contributed by atoms with van der Waals surface area (Å²) < 4.78 is 12.5. The Labute approximate surface area is 166 Å². The highest BCUT2D eigenvalue weighted by Crippen LogP contribution is 2.38. The Morgan fingerprint density at radius 1 is 1.07 bits per heavy atom. The van der Waals surface area contributed by atoms with Crippen LogP contribution < -0.4 is 26.3 Å². The van der Waals surface area contributed by atoms with Gasteiger partial charge in [-0.05, 0) is 35.9 Å². The summed E-state index contributed by atoms with van der Waals surface area (Å²) in [5.74, 6) is 6.80. The molecule has 0 saturated heterocycles. The fraction of sp³-hybridized carbons (Fsp3) is 0.105. The molecule has 0 atom stereocenters. The number of nitrogen functional groups attached to an aromatic ring is 1. The van der Waals surface area contributed by atoms with E-state index in [1.54, 1.807) is 31.5 Å². The lowest BCUT2D eigenvalue weighted by atomic mass is 10.2. The second-order valence-electron chi connectivity index (χ2n) is 5.70. The number of methoxy groups -OCH3 is 1. The van der Waals surface area contributed by atoms with E-state index in [2.05, 4.69) is 5.43 Å². The van der Waals surface area contributed by atoms with Crippen LogP contribution in [0.3, 0.4) is 0 Å². The number of nitrogens with one attached hydrogen (secondary N) is 1. The van der Waals surface area contributed by atoms with Gasteiger partial charge in [0.2, 0.25) is 0 Å². The first-order chi connectivity index (χ1) is 13.0. The number of benzene rings is 2. The second kappa shape index (κ2) is 8.35. The smallest absolute Gasteiger partial charge is 0.251 e. The zero-order valence-electron chi connectivity index (χ0n) is 14.4. The minimum Gasteiger partial charge on any atom is -0.497 e. The van der Waals surface area contributed by atoms with Crippen LogP contribution in [-0.4, -0.2) is 11.7 Å². The monoisotopic (exact) mass is 405 g/mol. The lowest BCUT2D eigenvalue weighted by molar-refractivity contribution is 0.414. The van der Waals surface area contributed by atoms with Crippen LogP contribution in [0.2, 0.25) is 10.0 Å². The van der Waals surface area contributed by atoms with Crippen LogP contribution in [0.15, 0.2) is 59.5 Å². The molecular weight excluding hydrogens is 389 g/mol. The molecule has 0 unspecified atom stereocenters. The van der Waals surface area contributed by atoms with Crippen molar-refractivity contribution in [2.45, 2.75) is 6.54 Å². The molecule has 0 aliphatic heterocycles. The summed E-state index contributed by atoms with van der Waals surface area (Å²) in [5.41, 5.74) is 3.79. The first-order valence-corrected chi connectivity index (χ1v) is 8.72. The predicted molar refractivity (Wildman–Crippen MR) is 107 cm³/mol. The van der Waals surface area contributed by atoms with Crippen LogP contribution in [-0.2, 0) is 6.54 Å². The maximum atomic E-state index is 12.2. The minimum absolute atomic E-state index is 0.162. The van der Waals surface area contributed by atoms with Crippen LogP contribution >= 0.6 is 23.2 Å². The molecule has 3 aromatic rings. The van der Waals surface area contributed by atoms with Gasteiger partial charge in [0.1, 0.15) is 11.5 Å². The normalized spacial score (nSPS) is 10.5. The zero-order chi connectivity index (χ0) is 19.4. The van der Waals surface area contributed by atoms with E-state index in [1.165, 1.54) is 10.6 Å². The number of rotatable bonds is 6. The van der Waals surface area contributed by atoms with Crippen molar-refractivity contribution in [2.24, 2.45) is 5.84 Å². The maximum Gasteiger partial charge on any atom is 0.251 e. The molecule has 0 spiro atoms. The molecule has 27 heavy (non-hydrogen) atoms. The molecule has 0 fully saturated rings. The Bertz CT molecular complexity index is 998. The van der Waals surface area contributed by atoms with Crippen molar-refractivity contribution in [3.8, 4) is 17.2 Å². The Morgan fingerprint density at radius 3 is 2.48 bits per heavy atom. The minimum atomic E-state index is -0.162. The molecule has 6 nitrogen and oxygen atoms in total. The third kappa shape index (κ3) is 4.54. The van der Waals surface area contributed by atoms with Gasteiger partial charge in [0.05, 0.1) is 35.6 Å². The van der Waals surface area contributed by atoms with Crippen molar-refractivity contribution in [1.29, 1.82) is 0 Å². The van der Waals surface area contributed by atoms with Crippen LogP contribution in [0.1, 0.15) is 5.56 Å². The number of aromatic nitrogens is 1. The Hall–Kier alpha value is -2.67. The van der Waals surface area contributed by atoms with Crippen LogP contribution in [0.5, 0.6) is 17.2 Å². The van der Waals surface area contributed by atoms with Gasteiger partial charge in [-0.15, -0.1) is 0 Å². The molecule has 140 valence electrons. The number of hydrazine groups is 1. The molecular formula is C19H17Cl2N3O3. The Morgan fingerprint density at radius 2 is 1.81 bits per heavy atom. The van der Waals surface area contributed by atoms with Gasteiger partial charge >= 0.3 is 0 Å². The van der Waals surface area contributed by atoms with E-state index < -0.39 is 0 Å². The summed E-state index contributed by atoms with van der Waals surface area (Å²) in [4.78, 5) is 12.2.